The number of halogens is 1. The largest absolute Gasteiger partial charge is 0.468 e. The predicted molar refractivity (Wildman–Crippen MR) is 84.7 cm³/mol. The van der Waals surface area contributed by atoms with Crippen LogP contribution >= 0.6 is 0 Å². The molecule has 1 aliphatic heterocycles. The van der Waals surface area contributed by atoms with E-state index in [9.17, 15) is 19.5 Å². The van der Waals surface area contributed by atoms with Gasteiger partial charge < -0.3 is 20.3 Å². The zero-order valence-electron chi connectivity index (χ0n) is 14.6. The van der Waals surface area contributed by atoms with E-state index in [1.807, 2.05) is 4.98 Å². The Morgan fingerprint density at radius 1 is 1.52 bits per heavy atom. The first-order valence-corrected chi connectivity index (χ1v) is 7.54. The van der Waals surface area contributed by atoms with Crippen LogP contribution in [0.2, 0.25) is 0 Å². The molecule has 1 unspecified atom stereocenters. The quantitative estimate of drug-likeness (QED) is 0.596. The maximum Gasteiger partial charge on any atom is 0.330 e. The second kappa shape index (κ2) is 5.75. The highest BCUT2D eigenvalue weighted by atomic mass is 19.1. The summed E-state index contributed by atoms with van der Waals surface area (Å²) in [5, 5.41) is 10.7. The molecular weight excluding hydrogens is 337 g/mol. The summed E-state index contributed by atoms with van der Waals surface area (Å²) in [5.41, 5.74) is -2.10. The SMILES string of the molecule is COC(=O)C(C)(N)[C@H]1O[C@@H](n2cc(C)c(=O)[nH]c2=O)[C@](C)(F)[C@@]1(C)O. The number of aliphatic hydroxyl groups is 1. The smallest absolute Gasteiger partial charge is 0.330 e. The molecule has 25 heavy (non-hydrogen) atoms. The number of aryl methyl sites for hydroxylation is 1. The number of aromatic amines is 1. The average molecular weight is 359 g/mol. The number of nitrogens with zero attached hydrogens (tertiary/aromatic N) is 1. The van der Waals surface area contributed by atoms with Gasteiger partial charge in [0.2, 0.25) is 0 Å². The van der Waals surface area contributed by atoms with Crippen molar-refractivity contribution >= 4 is 5.97 Å². The standard InChI is InChI=1S/C15H22FN3O6/c1-7-6-19(12(22)18-8(7)20)10-14(3,16)15(4,23)9(25-10)13(2,17)11(21)24-5/h6,9-10,23H,17H2,1-5H3,(H,18,20,22)/t9-,10-,13?,14+,15+/m1/s1. The van der Waals surface area contributed by atoms with Crippen molar-refractivity contribution in [2.24, 2.45) is 5.73 Å². The number of H-pyrrole nitrogens is 1. The highest BCUT2D eigenvalue weighted by molar-refractivity contribution is 5.81. The molecular formula is C15H22FN3O6. The van der Waals surface area contributed by atoms with Crippen molar-refractivity contribution in [1.82, 2.24) is 9.55 Å². The second-order valence-electron chi connectivity index (χ2n) is 6.84. The minimum absolute atomic E-state index is 0.144. The van der Waals surface area contributed by atoms with E-state index in [1.165, 1.54) is 13.8 Å². The molecule has 4 N–H and O–H groups in total. The number of alkyl halides is 1. The monoisotopic (exact) mass is 359 g/mol. The maximum atomic E-state index is 15.5. The van der Waals surface area contributed by atoms with Crippen LogP contribution in [0, 0.1) is 6.92 Å². The van der Waals surface area contributed by atoms with Crippen LogP contribution in [0.25, 0.3) is 0 Å². The Morgan fingerprint density at radius 2 is 2.08 bits per heavy atom. The van der Waals surface area contributed by atoms with Gasteiger partial charge in [-0.15, -0.1) is 0 Å². The number of aromatic nitrogens is 2. The normalized spacial score (nSPS) is 34.6. The van der Waals surface area contributed by atoms with Crippen molar-refractivity contribution < 1.29 is 23.8 Å². The summed E-state index contributed by atoms with van der Waals surface area (Å²) in [6.07, 6.45) is -2.02. The number of hydrogen-bond acceptors (Lipinski definition) is 7. The molecule has 9 nitrogen and oxygen atoms in total. The molecule has 0 saturated carbocycles. The lowest BCUT2D eigenvalue weighted by atomic mass is 9.77. The molecule has 2 rings (SSSR count). The van der Waals surface area contributed by atoms with Crippen LogP contribution in [0.3, 0.4) is 0 Å². The van der Waals surface area contributed by atoms with E-state index in [1.54, 1.807) is 0 Å². The number of ether oxygens (including phenoxy) is 2. The molecule has 5 atom stereocenters. The van der Waals surface area contributed by atoms with Gasteiger partial charge in [-0.05, 0) is 27.7 Å². The summed E-state index contributed by atoms with van der Waals surface area (Å²) < 4.78 is 26.4. The number of nitrogens with two attached hydrogens (primary N) is 1. The fourth-order valence-electron chi connectivity index (χ4n) is 3.03. The average Bonchev–Trinajstić information content (AvgIpc) is 2.68. The lowest BCUT2D eigenvalue weighted by molar-refractivity contribution is -0.161. The van der Waals surface area contributed by atoms with Crippen molar-refractivity contribution in [3.05, 3.63) is 32.6 Å². The molecule has 140 valence electrons. The Balaban J connectivity index is 2.61. The van der Waals surface area contributed by atoms with Gasteiger partial charge in [0.25, 0.3) is 5.56 Å². The van der Waals surface area contributed by atoms with Crippen LogP contribution in [0.1, 0.15) is 32.6 Å². The van der Waals surface area contributed by atoms with Crippen LogP contribution < -0.4 is 17.0 Å². The van der Waals surface area contributed by atoms with Gasteiger partial charge in [0.1, 0.15) is 17.2 Å². The third-order valence-corrected chi connectivity index (χ3v) is 4.80. The Morgan fingerprint density at radius 3 is 2.60 bits per heavy atom. The summed E-state index contributed by atoms with van der Waals surface area (Å²) in [6, 6.07) is 0. The lowest BCUT2D eigenvalue weighted by Gasteiger charge is -2.38. The number of methoxy groups -OCH3 is 1. The minimum Gasteiger partial charge on any atom is -0.468 e. The summed E-state index contributed by atoms with van der Waals surface area (Å²) >= 11 is 0. The van der Waals surface area contributed by atoms with Crippen molar-refractivity contribution in [2.75, 3.05) is 7.11 Å². The van der Waals surface area contributed by atoms with Crippen molar-refractivity contribution in [3.8, 4) is 0 Å². The zero-order valence-corrected chi connectivity index (χ0v) is 14.6. The summed E-state index contributed by atoms with van der Waals surface area (Å²) in [4.78, 5) is 37.6. The Bertz CT molecular complexity index is 810. The van der Waals surface area contributed by atoms with E-state index in [-0.39, 0.29) is 5.56 Å². The van der Waals surface area contributed by atoms with E-state index >= 15 is 4.39 Å². The predicted octanol–water partition coefficient (Wildman–Crippen LogP) is -0.888. The summed E-state index contributed by atoms with van der Waals surface area (Å²) in [7, 11) is 1.10. The van der Waals surface area contributed by atoms with Gasteiger partial charge in [-0.2, -0.15) is 0 Å². The molecule has 1 saturated heterocycles. The van der Waals surface area contributed by atoms with Crippen LogP contribution in [0.4, 0.5) is 4.39 Å². The number of esters is 1. The van der Waals surface area contributed by atoms with Crippen molar-refractivity contribution in [3.63, 3.8) is 0 Å². The zero-order chi connectivity index (χ0) is 19.4. The Hall–Kier alpha value is -2.04. The van der Waals surface area contributed by atoms with Gasteiger partial charge in [-0.25, -0.2) is 14.0 Å². The molecule has 1 aromatic heterocycles. The maximum absolute atomic E-state index is 15.5. The molecule has 2 heterocycles. The van der Waals surface area contributed by atoms with E-state index in [2.05, 4.69) is 4.74 Å². The topological polar surface area (TPSA) is 137 Å². The van der Waals surface area contributed by atoms with Crippen LogP contribution in [-0.2, 0) is 14.3 Å². The Kier molecular flexibility index (Phi) is 4.44. The van der Waals surface area contributed by atoms with Crippen molar-refractivity contribution in [2.45, 2.75) is 56.8 Å². The highest BCUT2D eigenvalue weighted by Crippen LogP contribution is 2.50. The van der Waals surface area contributed by atoms with Crippen LogP contribution in [0.5, 0.6) is 0 Å². The fourth-order valence-corrected chi connectivity index (χ4v) is 3.03. The first-order chi connectivity index (χ1) is 11.3. The summed E-state index contributed by atoms with van der Waals surface area (Å²) in [6.45, 7) is 4.81. The second-order valence-corrected chi connectivity index (χ2v) is 6.84. The van der Waals surface area contributed by atoms with E-state index in [4.69, 9.17) is 10.5 Å². The number of carbonyl (C=O) groups excluding carboxylic acids is 1. The first-order valence-electron chi connectivity index (χ1n) is 7.54. The van der Waals surface area contributed by atoms with E-state index < -0.39 is 46.4 Å². The molecule has 1 aliphatic rings. The molecule has 10 heteroatoms. The Labute approximate surface area is 142 Å². The van der Waals surface area contributed by atoms with Gasteiger partial charge in [-0.3, -0.25) is 14.3 Å². The molecule has 0 radical (unpaired) electrons. The summed E-state index contributed by atoms with van der Waals surface area (Å²) in [5.74, 6) is -0.917. The van der Waals surface area contributed by atoms with Crippen molar-refractivity contribution in [1.29, 1.82) is 0 Å². The number of hydrogen-bond donors (Lipinski definition) is 3. The third kappa shape index (κ3) is 2.70. The highest BCUT2D eigenvalue weighted by Gasteiger charge is 2.68. The lowest BCUT2D eigenvalue weighted by Crippen LogP contribution is -2.65. The molecule has 1 fully saturated rings. The van der Waals surface area contributed by atoms with Crippen LogP contribution in [0.15, 0.2) is 15.8 Å². The minimum atomic E-state index is -2.51. The molecule has 0 bridgehead atoms. The number of rotatable bonds is 3. The molecule has 0 spiro atoms. The van der Waals surface area contributed by atoms with Gasteiger partial charge in [0.15, 0.2) is 11.9 Å². The molecule has 1 aromatic rings. The van der Waals surface area contributed by atoms with Gasteiger partial charge in [0.05, 0.1) is 7.11 Å². The molecule has 0 aromatic carbocycles. The van der Waals surface area contributed by atoms with Gasteiger partial charge in [0, 0.05) is 11.8 Å². The van der Waals surface area contributed by atoms with E-state index in [0.717, 1.165) is 31.7 Å². The van der Waals surface area contributed by atoms with Crippen LogP contribution in [-0.4, -0.2) is 50.6 Å². The fraction of sp³-hybridized carbons (Fsp3) is 0.667. The first kappa shape index (κ1) is 19.3. The van der Waals surface area contributed by atoms with Gasteiger partial charge >= 0.3 is 11.7 Å². The third-order valence-electron chi connectivity index (χ3n) is 4.80. The van der Waals surface area contributed by atoms with E-state index in [0.29, 0.717) is 0 Å². The molecule has 0 amide bonds. The molecule has 0 aliphatic carbocycles. The number of nitrogens with one attached hydrogen (secondary N) is 1. The van der Waals surface area contributed by atoms with Gasteiger partial charge in [-0.1, -0.05) is 0 Å². The number of carbonyl (C=O) groups is 1.